The second-order valence-electron chi connectivity index (χ2n) is 6.60. The Morgan fingerprint density at radius 3 is 2.52 bits per heavy atom. The molecule has 10 heteroatoms. The standard InChI is InChI=1S/C21H18FN7O2/c22-16-6-8-17(9-7-16)29-11-10-18(26-29)20(31)25-21-24-14-28(27-21)13-19(30)23-12-15-4-2-1-3-5-15/h1-11,14H,12-13H2,(H,23,30)(H,25,27,31). The first-order valence-electron chi connectivity index (χ1n) is 9.40. The van der Waals surface area contributed by atoms with Gasteiger partial charge in [0, 0.05) is 12.7 Å². The highest BCUT2D eigenvalue weighted by Gasteiger charge is 2.14. The summed E-state index contributed by atoms with van der Waals surface area (Å²) in [6.45, 7) is 0.379. The van der Waals surface area contributed by atoms with Gasteiger partial charge in [-0.1, -0.05) is 30.3 Å². The normalized spacial score (nSPS) is 10.6. The number of benzene rings is 2. The van der Waals surface area contributed by atoms with Crippen molar-refractivity contribution in [2.24, 2.45) is 0 Å². The van der Waals surface area contributed by atoms with E-state index in [0.717, 1.165) is 5.56 Å². The van der Waals surface area contributed by atoms with Crippen LogP contribution in [0.4, 0.5) is 10.3 Å². The molecule has 0 radical (unpaired) electrons. The summed E-state index contributed by atoms with van der Waals surface area (Å²) in [5, 5.41) is 13.6. The second kappa shape index (κ2) is 8.99. The van der Waals surface area contributed by atoms with E-state index in [-0.39, 0.29) is 29.9 Å². The molecule has 0 fully saturated rings. The molecule has 0 aliphatic heterocycles. The predicted molar refractivity (Wildman–Crippen MR) is 110 cm³/mol. The predicted octanol–water partition coefficient (Wildman–Crippen LogP) is 2.17. The van der Waals surface area contributed by atoms with Crippen molar-refractivity contribution >= 4 is 17.8 Å². The fraction of sp³-hybridized carbons (Fsp3) is 0.0952. The maximum absolute atomic E-state index is 13.0. The van der Waals surface area contributed by atoms with Crippen LogP contribution >= 0.6 is 0 Å². The van der Waals surface area contributed by atoms with Crippen LogP contribution < -0.4 is 10.6 Å². The third kappa shape index (κ3) is 5.18. The second-order valence-corrected chi connectivity index (χ2v) is 6.60. The molecule has 0 unspecified atom stereocenters. The Labute approximate surface area is 176 Å². The maximum atomic E-state index is 13.0. The van der Waals surface area contributed by atoms with Gasteiger partial charge in [-0.25, -0.2) is 18.7 Å². The van der Waals surface area contributed by atoms with Crippen LogP contribution in [0.25, 0.3) is 5.69 Å². The lowest BCUT2D eigenvalue weighted by Gasteiger charge is -2.05. The SMILES string of the molecule is O=C(Cn1cnc(NC(=O)c2ccn(-c3ccc(F)cc3)n2)n1)NCc1ccccc1. The van der Waals surface area contributed by atoms with Crippen LogP contribution in [-0.2, 0) is 17.9 Å². The van der Waals surface area contributed by atoms with E-state index in [1.807, 2.05) is 30.3 Å². The number of nitrogens with zero attached hydrogens (tertiary/aromatic N) is 5. The molecule has 2 N–H and O–H groups in total. The minimum atomic E-state index is -0.507. The van der Waals surface area contributed by atoms with Gasteiger partial charge in [0.05, 0.1) is 5.69 Å². The van der Waals surface area contributed by atoms with Gasteiger partial charge < -0.3 is 5.32 Å². The van der Waals surface area contributed by atoms with E-state index in [1.165, 1.54) is 33.9 Å². The molecule has 2 aromatic heterocycles. The first-order valence-corrected chi connectivity index (χ1v) is 9.40. The largest absolute Gasteiger partial charge is 0.350 e. The van der Waals surface area contributed by atoms with Crippen molar-refractivity contribution in [3.8, 4) is 5.69 Å². The van der Waals surface area contributed by atoms with Gasteiger partial charge >= 0.3 is 0 Å². The molecule has 2 amide bonds. The third-order valence-electron chi connectivity index (χ3n) is 4.31. The highest BCUT2D eigenvalue weighted by molar-refractivity contribution is 6.01. The van der Waals surface area contributed by atoms with Crippen molar-refractivity contribution in [3.63, 3.8) is 0 Å². The minimum Gasteiger partial charge on any atom is -0.350 e. The summed E-state index contributed by atoms with van der Waals surface area (Å²) in [6, 6.07) is 16.8. The van der Waals surface area contributed by atoms with E-state index < -0.39 is 5.91 Å². The number of halogens is 1. The summed E-state index contributed by atoms with van der Waals surface area (Å²) in [7, 11) is 0. The average Bonchev–Trinajstić information content (AvgIpc) is 3.44. The fourth-order valence-electron chi connectivity index (χ4n) is 2.78. The van der Waals surface area contributed by atoms with E-state index in [9.17, 15) is 14.0 Å². The van der Waals surface area contributed by atoms with Gasteiger partial charge in [0.15, 0.2) is 5.69 Å². The smallest absolute Gasteiger partial charge is 0.278 e. The lowest BCUT2D eigenvalue weighted by Crippen LogP contribution is -2.27. The molecule has 4 aromatic rings. The van der Waals surface area contributed by atoms with Crippen molar-refractivity contribution in [2.45, 2.75) is 13.1 Å². The Hall–Kier alpha value is -4.34. The van der Waals surface area contributed by atoms with Crippen LogP contribution in [0.2, 0.25) is 0 Å². The molecule has 2 heterocycles. The van der Waals surface area contributed by atoms with Crippen LogP contribution in [0.5, 0.6) is 0 Å². The van der Waals surface area contributed by atoms with Crippen LogP contribution in [0, 0.1) is 5.82 Å². The van der Waals surface area contributed by atoms with Gasteiger partial charge in [0.2, 0.25) is 11.9 Å². The molecule has 0 saturated heterocycles. The lowest BCUT2D eigenvalue weighted by atomic mass is 10.2. The van der Waals surface area contributed by atoms with Crippen LogP contribution in [0.1, 0.15) is 16.1 Å². The topological polar surface area (TPSA) is 107 Å². The average molecular weight is 419 g/mol. The summed E-state index contributed by atoms with van der Waals surface area (Å²) in [5.41, 5.74) is 1.74. The molecule has 0 aliphatic carbocycles. The molecular formula is C21H18FN7O2. The van der Waals surface area contributed by atoms with Gasteiger partial charge in [-0.3, -0.25) is 14.9 Å². The highest BCUT2D eigenvalue weighted by atomic mass is 19.1. The summed E-state index contributed by atoms with van der Waals surface area (Å²) >= 11 is 0. The van der Waals surface area contributed by atoms with E-state index in [2.05, 4.69) is 25.8 Å². The van der Waals surface area contributed by atoms with Gasteiger partial charge in [-0.15, -0.1) is 5.10 Å². The molecule has 0 bridgehead atoms. The molecule has 31 heavy (non-hydrogen) atoms. The van der Waals surface area contributed by atoms with Gasteiger partial charge in [0.1, 0.15) is 18.7 Å². The van der Waals surface area contributed by atoms with Crippen LogP contribution in [0.15, 0.2) is 73.2 Å². The number of amides is 2. The zero-order valence-electron chi connectivity index (χ0n) is 16.3. The maximum Gasteiger partial charge on any atom is 0.278 e. The number of carbonyl (C=O) groups excluding carboxylic acids is 2. The lowest BCUT2D eigenvalue weighted by molar-refractivity contribution is -0.122. The Bertz CT molecular complexity index is 1190. The number of aromatic nitrogens is 5. The number of hydrogen-bond acceptors (Lipinski definition) is 5. The van der Waals surface area contributed by atoms with Gasteiger partial charge in [-0.05, 0) is 35.9 Å². The zero-order chi connectivity index (χ0) is 21.6. The summed E-state index contributed by atoms with van der Waals surface area (Å²) in [6.07, 6.45) is 2.94. The summed E-state index contributed by atoms with van der Waals surface area (Å²) in [5.74, 6) is -1.04. The molecule has 9 nitrogen and oxygen atoms in total. The number of anilines is 1. The number of rotatable bonds is 7. The quantitative estimate of drug-likeness (QED) is 0.478. The fourth-order valence-corrected chi connectivity index (χ4v) is 2.78. The molecule has 4 rings (SSSR count). The molecule has 0 aliphatic rings. The first-order chi connectivity index (χ1) is 15.1. The van der Waals surface area contributed by atoms with Crippen LogP contribution in [0.3, 0.4) is 0 Å². The van der Waals surface area contributed by atoms with E-state index >= 15 is 0 Å². The Morgan fingerprint density at radius 2 is 1.74 bits per heavy atom. The van der Waals surface area contributed by atoms with Gasteiger partial charge in [-0.2, -0.15) is 5.10 Å². The first kappa shape index (κ1) is 20.0. The van der Waals surface area contributed by atoms with Crippen molar-refractivity contribution in [1.82, 2.24) is 29.9 Å². The molecule has 156 valence electrons. The Morgan fingerprint density at radius 1 is 0.968 bits per heavy atom. The van der Waals surface area contributed by atoms with Gasteiger partial charge in [0.25, 0.3) is 5.91 Å². The highest BCUT2D eigenvalue weighted by Crippen LogP contribution is 2.10. The zero-order valence-corrected chi connectivity index (χ0v) is 16.3. The van der Waals surface area contributed by atoms with Crippen LogP contribution in [-0.4, -0.2) is 36.4 Å². The number of carbonyl (C=O) groups is 2. The monoisotopic (exact) mass is 419 g/mol. The molecule has 0 atom stereocenters. The van der Waals surface area contributed by atoms with Crippen molar-refractivity contribution < 1.29 is 14.0 Å². The van der Waals surface area contributed by atoms with Crippen molar-refractivity contribution in [1.29, 1.82) is 0 Å². The number of nitrogens with one attached hydrogen (secondary N) is 2. The van der Waals surface area contributed by atoms with Crippen molar-refractivity contribution in [3.05, 3.63) is 90.3 Å². The molecule has 0 saturated carbocycles. The van der Waals surface area contributed by atoms with E-state index in [4.69, 9.17) is 0 Å². The Balaban J connectivity index is 1.32. The molecule has 2 aromatic carbocycles. The Kier molecular flexibility index (Phi) is 5.79. The summed E-state index contributed by atoms with van der Waals surface area (Å²) in [4.78, 5) is 28.5. The molecule has 0 spiro atoms. The minimum absolute atomic E-state index is 0.0328. The van der Waals surface area contributed by atoms with E-state index in [0.29, 0.717) is 12.2 Å². The number of hydrogen-bond donors (Lipinski definition) is 2. The third-order valence-corrected chi connectivity index (χ3v) is 4.31. The van der Waals surface area contributed by atoms with Crippen molar-refractivity contribution in [2.75, 3.05) is 5.32 Å². The molecular weight excluding hydrogens is 401 g/mol. The van der Waals surface area contributed by atoms with E-state index in [1.54, 1.807) is 18.3 Å². The summed E-state index contributed by atoms with van der Waals surface area (Å²) < 4.78 is 15.8.